The predicted octanol–water partition coefficient (Wildman–Crippen LogP) is 2.63. The summed E-state index contributed by atoms with van der Waals surface area (Å²) in [7, 11) is 0. The summed E-state index contributed by atoms with van der Waals surface area (Å²) in [5.74, 6) is 0.102. The van der Waals surface area contributed by atoms with E-state index in [1.807, 2.05) is 0 Å². The molecule has 1 N–H and O–H groups in total. The maximum atomic E-state index is 12.1. The first-order chi connectivity index (χ1) is 8.05. The molecule has 0 spiro atoms. The van der Waals surface area contributed by atoms with Crippen molar-refractivity contribution >= 4 is 5.91 Å². The lowest BCUT2D eigenvalue weighted by atomic mass is 9.82. The van der Waals surface area contributed by atoms with E-state index < -0.39 is 0 Å². The Morgan fingerprint density at radius 1 is 1.06 bits per heavy atom. The number of amides is 1. The number of hydrogen-bond donors (Lipinski definition) is 1. The molecule has 2 heteroatoms. The zero-order valence-electron chi connectivity index (χ0n) is 10.6. The highest BCUT2D eigenvalue weighted by Crippen LogP contribution is 2.29. The third kappa shape index (κ3) is 1.86. The minimum Gasteiger partial charge on any atom is -0.347 e. The van der Waals surface area contributed by atoms with Crippen LogP contribution in [0.4, 0.5) is 0 Å². The third-order valence-corrected chi connectivity index (χ3v) is 3.90. The largest absolute Gasteiger partial charge is 0.347 e. The molecule has 0 saturated carbocycles. The lowest BCUT2D eigenvalue weighted by Crippen LogP contribution is -2.49. The Kier molecular flexibility index (Phi) is 2.29. The average Bonchev–Trinajstić information content (AvgIpc) is 2.25. The first-order valence-electron chi connectivity index (χ1n) is 6.52. The molecule has 0 fully saturated rings. The van der Waals surface area contributed by atoms with Crippen LogP contribution in [-0.2, 0) is 19.3 Å². The molecule has 90 valence electrons. The highest BCUT2D eigenvalue weighted by Gasteiger charge is 2.30. The van der Waals surface area contributed by atoms with E-state index in [1.165, 1.54) is 36.0 Å². The SMILES string of the molecule is CC1(C)Cc2cc3c(cc2C(=O)N1)CCCC3. The van der Waals surface area contributed by atoms with Gasteiger partial charge in [0.15, 0.2) is 0 Å². The van der Waals surface area contributed by atoms with Crippen molar-refractivity contribution in [3.8, 4) is 0 Å². The average molecular weight is 229 g/mol. The number of hydrogen-bond acceptors (Lipinski definition) is 1. The quantitative estimate of drug-likeness (QED) is 0.728. The van der Waals surface area contributed by atoms with Crippen molar-refractivity contribution in [2.75, 3.05) is 0 Å². The molecule has 1 amide bonds. The summed E-state index contributed by atoms with van der Waals surface area (Å²) in [5, 5.41) is 3.08. The van der Waals surface area contributed by atoms with Crippen molar-refractivity contribution in [2.24, 2.45) is 0 Å². The summed E-state index contributed by atoms with van der Waals surface area (Å²) in [5.41, 5.74) is 4.90. The van der Waals surface area contributed by atoms with E-state index in [9.17, 15) is 4.79 Å². The van der Waals surface area contributed by atoms with Gasteiger partial charge in [-0.25, -0.2) is 0 Å². The van der Waals surface area contributed by atoms with Crippen LogP contribution in [0.25, 0.3) is 0 Å². The monoisotopic (exact) mass is 229 g/mol. The maximum Gasteiger partial charge on any atom is 0.251 e. The molecule has 3 rings (SSSR count). The van der Waals surface area contributed by atoms with Gasteiger partial charge in [0.1, 0.15) is 0 Å². The predicted molar refractivity (Wildman–Crippen MR) is 68.3 cm³/mol. The molecule has 0 unspecified atom stereocenters. The molecule has 2 aliphatic rings. The number of nitrogens with one attached hydrogen (secondary N) is 1. The number of carbonyl (C=O) groups is 1. The number of benzene rings is 1. The first kappa shape index (κ1) is 10.8. The Morgan fingerprint density at radius 3 is 2.41 bits per heavy atom. The van der Waals surface area contributed by atoms with Gasteiger partial charge in [-0.15, -0.1) is 0 Å². The fourth-order valence-corrected chi connectivity index (χ4v) is 3.09. The van der Waals surface area contributed by atoms with Crippen LogP contribution in [0.3, 0.4) is 0 Å². The molecule has 1 aliphatic heterocycles. The van der Waals surface area contributed by atoms with Crippen LogP contribution >= 0.6 is 0 Å². The number of fused-ring (bicyclic) bond motifs is 2. The smallest absolute Gasteiger partial charge is 0.251 e. The molecule has 17 heavy (non-hydrogen) atoms. The topological polar surface area (TPSA) is 29.1 Å². The van der Waals surface area contributed by atoms with E-state index in [-0.39, 0.29) is 11.4 Å². The summed E-state index contributed by atoms with van der Waals surface area (Å²) in [6.07, 6.45) is 5.82. The Balaban J connectivity index is 2.10. The van der Waals surface area contributed by atoms with Gasteiger partial charge in [-0.2, -0.15) is 0 Å². The normalized spacial score (nSPS) is 21.4. The molecule has 1 heterocycles. The van der Waals surface area contributed by atoms with Gasteiger partial charge in [0.2, 0.25) is 0 Å². The van der Waals surface area contributed by atoms with Gasteiger partial charge in [0, 0.05) is 11.1 Å². The summed E-state index contributed by atoms with van der Waals surface area (Å²) in [6, 6.07) is 4.42. The Bertz CT molecular complexity index is 488. The summed E-state index contributed by atoms with van der Waals surface area (Å²) in [6.45, 7) is 4.18. The number of aryl methyl sites for hydroxylation is 2. The fraction of sp³-hybridized carbons (Fsp3) is 0.533. The van der Waals surface area contributed by atoms with E-state index in [0.29, 0.717) is 0 Å². The van der Waals surface area contributed by atoms with E-state index in [4.69, 9.17) is 0 Å². The molecule has 2 nitrogen and oxygen atoms in total. The van der Waals surface area contributed by atoms with Crippen LogP contribution in [0.5, 0.6) is 0 Å². The molecule has 1 aromatic carbocycles. The molecule has 1 aliphatic carbocycles. The standard InChI is InChI=1S/C15H19NO/c1-15(2)9-12-7-10-5-3-4-6-11(10)8-13(12)14(17)16-15/h7-8H,3-6,9H2,1-2H3,(H,16,17). The van der Waals surface area contributed by atoms with Crippen LogP contribution in [-0.4, -0.2) is 11.4 Å². The minimum atomic E-state index is -0.104. The molecule has 0 atom stereocenters. The first-order valence-corrected chi connectivity index (χ1v) is 6.52. The van der Waals surface area contributed by atoms with E-state index in [0.717, 1.165) is 18.4 Å². The van der Waals surface area contributed by atoms with Crippen molar-refractivity contribution in [2.45, 2.75) is 51.5 Å². The Labute approximate surface area is 102 Å². The summed E-state index contributed by atoms with van der Waals surface area (Å²) < 4.78 is 0. The minimum absolute atomic E-state index is 0.102. The maximum absolute atomic E-state index is 12.1. The van der Waals surface area contributed by atoms with Gasteiger partial charge in [-0.3, -0.25) is 4.79 Å². The van der Waals surface area contributed by atoms with Crippen molar-refractivity contribution in [3.63, 3.8) is 0 Å². The van der Waals surface area contributed by atoms with Crippen molar-refractivity contribution < 1.29 is 4.79 Å². The van der Waals surface area contributed by atoms with Crippen molar-refractivity contribution in [3.05, 3.63) is 34.4 Å². The van der Waals surface area contributed by atoms with Gasteiger partial charge >= 0.3 is 0 Å². The number of rotatable bonds is 0. The second kappa shape index (κ2) is 3.59. The van der Waals surface area contributed by atoms with Gasteiger partial charge < -0.3 is 5.32 Å². The lowest BCUT2D eigenvalue weighted by molar-refractivity contribution is 0.0896. The lowest BCUT2D eigenvalue weighted by Gasteiger charge is -2.33. The van der Waals surface area contributed by atoms with E-state index in [2.05, 4.69) is 31.3 Å². The zero-order valence-corrected chi connectivity index (χ0v) is 10.6. The highest BCUT2D eigenvalue weighted by atomic mass is 16.1. The van der Waals surface area contributed by atoms with Crippen LogP contribution in [0.15, 0.2) is 12.1 Å². The van der Waals surface area contributed by atoms with Gasteiger partial charge in [0.25, 0.3) is 5.91 Å². The Morgan fingerprint density at radius 2 is 1.71 bits per heavy atom. The molecule has 1 aromatic rings. The second-order valence-corrected chi connectivity index (χ2v) is 6.00. The van der Waals surface area contributed by atoms with Crippen LogP contribution in [0.1, 0.15) is 53.7 Å². The molecule has 0 radical (unpaired) electrons. The van der Waals surface area contributed by atoms with Gasteiger partial charge in [-0.05, 0) is 68.7 Å². The second-order valence-electron chi connectivity index (χ2n) is 6.00. The van der Waals surface area contributed by atoms with Crippen molar-refractivity contribution in [1.82, 2.24) is 5.32 Å². The van der Waals surface area contributed by atoms with Crippen LogP contribution < -0.4 is 5.32 Å². The zero-order chi connectivity index (χ0) is 12.0. The number of carbonyl (C=O) groups excluding carboxylic acids is 1. The molecular weight excluding hydrogens is 210 g/mol. The third-order valence-electron chi connectivity index (χ3n) is 3.90. The molecule has 0 saturated heterocycles. The van der Waals surface area contributed by atoms with E-state index >= 15 is 0 Å². The van der Waals surface area contributed by atoms with Crippen LogP contribution in [0.2, 0.25) is 0 Å². The Hall–Kier alpha value is -1.31. The highest BCUT2D eigenvalue weighted by molar-refractivity contribution is 5.97. The molecule has 0 aromatic heterocycles. The fourth-order valence-electron chi connectivity index (χ4n) is 3.09. The van der Waals surface area contributed by atoms with E-state index in [1.54, 1.807) is 0 Å². The molecule has 0 bridgehead atoms. The van der Waals surface area contributed by atoms with Gasteiger partial charge in [-0.1, -0.05) is 6.07 Å². The summed E-state index contributed by atoms with van der Waals surface area (Å²) in [4.78, 5) is 12.1. The van der Waals surface area contributed by atoms with Crippen molar-refractivity contribution in [1.29, 1.82) is 0 Å². The van der Waals surface area contributed by atoms with Crippen LogP contribution in [0, 0.1) is 0 Å². The molecular formula is C15H19NO. The summed E-state index contributed by atoms with van der Waals surface area (Å²) >= 11 is 0. The van der Waals surface area contributed by atoms with Gasteiger partial charge in [0.05, 0.1) is 0 Å².